The highest BCUT2D eigenvalue weighted by Crippen LogP contribution is 2.40. The monoisotopic (exact) mass is 447 g/mol. The summed E-state index contributed by atoms with van der Waals surface area (Å²) in [5.74, 6) is 0.296. The number of nitrogens with two attached hydrogens (primary N) is 1. The standard InChI is InChI=1S/C21H26FN5O3S/c1-3-17-11(2)30-20-18(10-24-27(17)20)31(23,29)26-21(28)25-19-15-6-4-5-12(15)7-13-8-14(22)9-16(13)19/h7,10-11,14,17H,3-6,8-9H2,1-2H3,(H3,23,25,26,28,29)/t11-,14+,17-,31?/m0/s1. The molecule has 0 bridgehead atoms. The van der Waals surface area contributed by atoms with Crippen molar-refractivity contribution in [2.45, 2.75) is 75.6 Å². The van der Waals surface area contributed by atoms with Gasteiger partial charge in [-0.3, -0.25) is 0 Å². The number of halogens is 1. The van der Waals surface area contributed by atoms with Gasteiger partial charge in [0.25, 0.3) is 0 Å². The lowest BCUT2D eigenvalue weighted by Crippen LogP contribution is -2.20. The quantitative estimate of drug-likeness (QED) is 0.750. The summed E-state index contributed by atoms with van der Waals surface area (Å²) in [7, 11) is -3.57. The topological polar surface area (TPSA) is 112 Å². The molecule has 0 spiro atoms. The summed E-state index contributed by atoms with van der Waals surface area (Å²) in [6.45, 7) is 3.92. The van der Waals surface area contributed by atoms with Crippen LogP contribution in [0.25, 0.3) is 0 Å². The third-order valence-corrected chi connectivity index (χ3v) is 7.87. The van der Waals surface area contributed by atoms with Crippen LogP contribution in [0.1, 0.15) is 55.0 Å². The lowest BCUT2D eigenvalue weighted by molar-refractivity contribution is 0.211. The van der Waals surface area contributed by atoms with Gasteiger partial charge in [-0.05, 0) is 54.9 Å². The van der Waals surface area contributed by atoms with Crippen LogP contribution in [0.5, 0.6) is 5.88 Å². The van der Waals surface area contributed by atoms with E-state index in [9.17, 15) is 13.4 Å². The number of rotatable bonds is 3. The average Bonchev–Trinajstić information content (AvgIpc) is 3.43. The molecular formula is C21H26FN5O3S. The fourth-order valence-corrected chi connectivity index (χ4v) is 6.08. The Balaban J connectivity index is 1.48. The Morgan fingerprint density at radius 2 is 2.19 bits per heavy atom. The molecule has 31 heavy (non-hydrogen) atoms. The average molecular weight is 448 g/mol. The van der Waals surface area contributed by atoms with E-state index in [1.165, 1.54) is 6.20 Å². The van der Waals surface area contributed by atoms with Crippen molar-refractivity contribution in [2.75, 3.05) is 5.32 Å². The zero-order chi connectivity index (χ0) is 21.9. The summed E-state index contributed by atoms with van der Waals surface area (Å²) in [6, 6.07) is 1.26. The number of benzene rings is 1. The van der Waals surface area contributed by atoms with E-state index >= 15 is 0 Å². The number of aromatic nitrogens is 2. The third-order valence-electron chi connectivity index (χ3n) is 6.52. The van der Waals surface area contributed by atoms with Crippen molar-refractivity contribution in [2.24, 2.45) is 9.50 Å². The number of fused-ring (bicyclic) bond motifs is 3. The summed E-state index contributed by atoms with van der Waals surface area (Å²) in [5, 5.41) is 13.0. The largest absolute Gasteiger partial charge is 0.472 e. The fourth-order valence-electron chi connectivity index (χ4n) is 5.10. The van der Waals surface area contributed by atoms with Crippen molar-refractivity contribution < 1.29 is 18.1 Å². The Morgan fingerprint density at radius 1 is 1.39 bits per heavy atom. The first-order valence-corrected chi connectivity index (χ1v) is 12.3. The van der Waals surface area contributed by atoms with Gasteiger partial charge < -0.3 is 10.1 Å². The Kier molecular flexibility index (Phi) is 4.82. The molecule has 5 rings (SSSR count). The predicted molar refractivity (Wildman–Crippen MR) is 114 cm³/mol. The molecule has 1 unspecified atom stereocenters. The number of carbonyl (C=O) groups is 1. The number of hydrogen-bond donors (Lipinski definition) is 2. The number of nitrogens with zero attached hydrogens (tertiary/aromatic N) is 3. The maximum atomic E-state index is 14.1. The zero-order valence-corrected chi connectivity index (χ0v) is 18.4. The lowest BCUT2D eigenvalue weighted by Gasteiger charge is -2.15. The molecule has 2 aromatic rings. The van der Waals surface area contributed by atoms with E-state index in [2.05, 4.69) is 20.8 Å². The van der Waals surface area contributed by atoms with Crippen LogP contribution >= 0.6 is 0 Å². The van der Waals surface area contributed by atoms with E-state index in [4.69, 9.17) is 9.88 Å². The molecule has 0 radical (unpaired) electrons. The van der Waals surface area contributed by atoms with Gasteiger partial charge in [0.1, 0.15) is 17.2 Å². The van der Waals surface area contributed by atoms with Crippen LogP contribution in [-0.2, 0) is 35.6 Å². The number of alkyl halides is 1. The van der Waals surface area contributed by atoms with Gasteiger partial charge in [-0.2, -0.15) is 5.10 Å². The summed E-state index contributed by atoms with van der Waals surface area (Å²) in [4.78, 5) is 12.9. The van der Waals surface area contributed by atoms with Crippen LogP contribution in [0.15, 0.2) is 21.5 Å². The molecule has 1 aromatic carbocycles. The molecule has 0 saturated carbocycles. The van der Waals surface area contributed by atoms with Crippen molar-refractivity contribution in [3.05, 3.63) is 34.5 Å². The zero-order valence-electron chi connectivity index (χ0n) is 17.6. The number of hydrogen-bond acceptors (Lipinski definition) is 4. The first-order chi connectivity index (χ1) is 14.8. The van der Waals surface area contributed by atoms with Crippen molar-refractivity contribution in [1.29, 1.82) is 0 Å². The molecule has 8 nitrogen and oxygen atoms in total. The van der Waals surface area contributed by atoms with Crippen molar-refractivity contribution in [1.82, 2.24) is 9.78 Å². The second-order valence-corrected chi connectivity index (χ2v) is 10.3. The maximum Gasteiger partial charge on any atom is 0.354 e. The summed E-state index contributed by atoms with van der Waals surface area (Å²) in [5.41, 5.74) is 4.52. The van der Waals surface area contributed by atoms with Crippen LogP contribution in [0.4, 0.5) is 14.9 Å². The van der Waals surface area contributed by atoms with E-state index in [0.717, 1.165) is 47.9 Å². The smallest absolute Gasteiger partial charge is 0.354 e. The Labute approximate surface area is 180 Å². The number of aryl methyl sites for hydroxylation is 1. The van der Waals surface area contributed by atoms with Gasteiger partial charge >= 0.3 is 6.03 Å². The molecule has 2 aliphatic carbocycles. The van der Waals surface area contributed by atoms with Crippen molar-refractivity contribution in [3.63, 3.8) is 0 Å². The van der Waals surface area contributed by atoms with Gasteiger partial charge in [-0.1, -0.05) is 13.0 Å². The predicted octanol–water partition coefficient (Wildman–Crippen LogP) is 3.47. The van der Waals surface area contributed by atoms with Gasteiger partial charge in [0.05, 0.1) is 12.2 Å². The number of ether oxygens (including phenoxy) is 1. The highest BCUT2D eigenvalue weighted by Gasteiger charge is 2.35. The van der Waals surface area contributed by atoms with Gasteiger partial charge in [-0.15, -0.1) is 4.36 Å². The normalized spacial score (nSPS) is 25.4. The van der Waals surface area contributed by atoms with Crippen LogP contribution in [0, 0.1) is 0 Å². The minimum atomic E-state index is -3.57. The van der Waals surface area contributed by atoms with E-state index in [1.54, 1.807) is 4.68 Å². The second kappa shape index (κ2) is 7.30. The van der Waals surface area contributed by atoms with Crippen LogP contribution in [-0.4, -0.2) is 32.3 Å². The SMILES string of the molecule is CC[C@H]1[C@H](C)Oc2c(S(N)(=O)=NC(=O)Nc3c4c(cc5c3C[C@H](F)C5)CCC4)cnn21. The summed E-state index contributed by atoms with van der Waals surface area (Å²) >= 11 is 0. The maximum absolute atomic E-state index is 14.1. The minimum Gasteiger partial charge on any atom is -0.472 e. The Morgan fingerprint density at radius 3 is 2.97 bits per heavy atom. The van der Waals surface area contributed by atoms with Gasteiger partial charge in [0, 0.05) is 18.5 Å². The van der Waals surface area contributed by atoms with Crippen LogP contribution < -0.4 is 15.2 Å². The van der Waals surface area contributed by atoms with Crippen molar-refractivity contribution in [3.8, 4) is 5.88 Å². The second-order valence-electron chi connectivity index (χ2n) is 8.53. The molecule has 10 heteroatoms. The number of anilines is 1. The molecule has 2 amide bonds. The molecular weight excluding hydrogens is 421 g/mol. The molecule has 1 aliphatic heterocycles. The first-order valence-electron chi connectivity index (χ1n) is 10.7. The number of nitrogens with one attached hydrogen (secondary N) is 1. The molecule has 3 aliphatic rings. The minimum absolute atomic E-state index is 0.0101. The Hall–Kier alpha value is -2.46. The lowest BCUT2D eigenvalue weighted by atomic mass is 9.99. The molecule has 0 saturated heterocycles. The van der Waals surface area contributed by atoms with E-state index in [1.807, 2.05) is 13.8 Å². The van der Waals surface area contributed by atoms with Crippen molar-refractivity contribution >= 4 is 21.6 Å². The fraction of sp³-hybridized carbons (Fsp3) is 0.524. The number of urea groups is 1. The third kappa shape index (κ3) is 3.32. The highest BCUT2D eigenvalue weighted by atomic mass is 32.2. The number of carbonyl (C=O) groups excluding carboxylic acids is 1. The van der Waals surface area contributed by atoms with Crippen LogP contribution in [0.3, 0.4) is 0 Å². The first kappa shape index (κ1) is 20.4. The molecule has 1 aromatic heterocycles. The molecule has 166 valence electrons. The highest BCUT2D eigenvalue weighted by molar-refractivity contribution is 7.91. The van der Waals surface area contributed by atoms with E-state index < -0.39 is 22.1 Å². The molecule has 2 heterocycles. The van der Waals surface area contributed by atoms with E-state index in [0.29, 0.717) is 18.0 Å². The van der Waals surface area contributed by atoms with Gasteiger partial charge in [0.15, 0.2) is 9.92 Å². The van der Waals surface area contributed by atoms with Gasteiger partial charge in [-0.25, -0.2) is 23.2 Å². The van der Waals surface area contributed by atoms with Crippen LogP contribution in [0.2, 0.25) is 0 Å². The summed E-state index contributed by atoms with van der Waals surface area (Å²) in [6.07, 6.45) is 4.38. The number of amides is 2. The van der Waals surface area contributed by atoms with E-state index in [-0.39, 0.29) is 23.5 Å². The summed E-state index contributed by atoms with van der Waals surface area (Å²) < 4.78 is 38.5. The molecule has 4 atom stereocenters. The molecule has 3 N–H and O–H groups in total. The Bertz CT molecular complexity index is 1200. The molecule has 0 fully saturated rings. The van der Waals surface area contributed by atoms with Gasteiger partial charge in [0.2, 0.25) is 5.88 Å².